The van der Waals surface area contributed by atoms with Crippen molar-refractivity contribution in [3.63, 3.8) is 0 Å². The van der Waals surface area contributed by atoms with E-state index in [1.54, 1.807) is 0 Å². The molecule has 0 fully saturated rings. The van der Waals surface area contributed by atoms with Gasteiger partial charge in [-0.15, -0.1) is 0 Å². The highest BCUT2D eigenvalue weighted by Crippen LogP contribution is 2.26. The molecule has 0 spiro atoms. The molecule has 0 radical (unpaired) electrons. The van der Waals surface area contributed by atoms with E-state index in [0.29, 0.717) is 23.4 Å². The Kier molecular flexibility index (Phi) is 3.97. The first-order valence-corrected chi connectivity index (χ1v) is 6.22. The summed E-state index contributed by atoms with van der Waals surface area (Å²) in [5.41, 5.74) is 8.86. The van der Waals surface area contributed by atoms with E-state index < -0.39 is 0 Å². The number of aliphatic hydroxyl groups excluding tert-OH is 1. The van der Waals surface area contributed by atoms with Crippen LogP contribution in [0.4, 0.5) is 5.82 Å². The third-order valence-electron chi connectivity index (χ3n) is 3.10. The fourth-order valence-corrected chi connectivity index (χ4v) is 1.98. The van der Waals surface area contributed by atoms with Crippen molar-refractivity contribution in [2.24, 2.45) is 0 Å². The van der Waals surface area contributed by atoms with Crippen molar-refractivity contribution in [3.05, 3.63) is 35.4 Å². The molecule has 0 saturated heterocycles. The summed E-state index contributed by atoms with van der Waals surface area (Å²) in [5, 5.41) is 13.2. The van der Waals surface area contributed by atoms with E-state index in [1.165, 1.54) is 10.2 Å². The van der Waals surface area contributed by atoms with Gasteiger partial charge in [0.05, 0.1) is 18.7 Å². The number of aliphatic hydroxyl groups is 1. The SMILES string of the molecule is CCc1ccc(-c2nn(CCO)c(N)c2C=O)cc1. The molecule has 0 atom stereocenters. The van der Waals surface area contributed by atoms with Crippen molar-refractivity contribution in [2.45, 2.75) is 19.9 Å². The van der Waals surface area contributed by atoms with Crippen molar-refractivity contribution >= 4 is 12.1 Å². The van der Waals surface area contributed by atoms with Gasteiger partial charge in [0.1, 0.15) is 11.5 Å². The van der Waals surface area contributed by atoms with Gasteiger partial charge in [0.2, 0.25) is 0 Å². The van der Waals surface area contributed by atoms with Gasteiger partial charge in [0.15, 0.2) is 6.29 Å². The van der Waals surface area contributed by atoms with Crippen LogP contribution in [0.15, 0.2) is 24.3 Å². The van der Waals surface area contributed by atoms with Crippen LogP contribution in [0.25, 0.3) is 11.3 Å². The number of carbonyl (C=O) groups is 1. The van der Waals surface area contributed by atoms with E-state index in [2.05, 4.69) is 12.0 Å². The fourth-order valence-electron chi connectivity index (χ4n) is 1.98. The first kappa shape index (κ1) is 13.3. The minimum Gasteiger partial charge on any atom is -0.394 e. The third-order valence-corrected chi connectivity index (χ3v) is 3.10. The maximum Gasteiger partial charge on any atom is 0.156 e. The summed E-state index contributed by atoms with van der Waals surface area (Å²) >= 11 is 0. The van der Waals surface area contributed by atoms with Crippen LogP contribution < -0.4 is 5.73 Å². The summed E-state index contributed by atoms with van der Waals surface area (Å²) in [5.74, 6) is 0.290. The van der Waals surface area contributed by atoms with Crippen molar-refractivity contribution in [1.29, 1.82) is 0 Å². The largest absolute Gasteiger partial charge is 0.394 e. The molecule has 1 heterocycles. The molecule has 5 heteroatoms. The number of anilines is 1. The Labute approximate surface area is 111 Å². The summed E-state index contributed by atoms with van der Waals surface area (Å²) in [6.07, 6.45) is 1.67. The molecule has 2 rings (SSSR count). The van der Waals surface area contributed by atoms with E-state index in [0.717, 1.165) is 12.0 Å². The fraction of sp³-hybridized carbons (Fsp3) is 0.286. The summed E-state index contributed by atoms with van der Waals surface area (Å²) in [6, 6.07) is 7.87. The summed E-state index contributed by atoms with van der Waals surface area (Å²) in [6.45, 7) is 2.29. The van der Waals surface area contributed by atoms with Gasteiger partial charge in [-0.2, -0.15) is 5.10 Å². The van der Waals surface area contributed by atoms with Gasteiger partial charge in [-0.1, -0.05) is 31.2 Å². The number of hydrogen-bond acceptors (Lipinski definition) is 4. The van der Waals surface area contributed by atoms with E-state index in [1.807, 2.05) is 24.3 Å². The minimum absolute atomic E-state index is 0.0710. The molecule has 2 aromatic rings. The van der Waals surface area contributed by atoms with Crippen LogP contribution in [-0.2, 0) is 13.0 Å². The number of aldehydes is 1. The van der Waals surface area contributed by atoms with E-state index >= 15 is 0 Å². The second-order valence-corrected chi connectivity index (χ2v) is 4.26. The normalized spacial score (nSPS) is 10.6. The highest BCUT2D eigenvalue weighted by molar-refractivity contribution is 5.91. The minimum atomic E-state index is -0.0710. The Morgan fingerprint density at radius 3 is 2.58 bits per heavy atom. The van der Waals surface area contributed by atoms with Gasteiger partial charge >= 0.3 is 0 Å². The lowest BCUT2D eigenvalue weighted by molar-refractivity contribution is 0.112. The van der Waals surface area contributed by atoms with Crippen LogP contribution in [0, 0.1) is 0 Å². The molecule has 1 aromatic carbocycles. The van der Waals surface area contributed by atoms with Crippen LogP contribution in [-0.4, -0.2) is 27.8 Å². The Bertz CT molecular complexity index is 573. The zero-order chi connectivity index (χ0) is 13.8. The number of aryl methyl sites for hydroxylation is 1. The van der Waals surface area contributed by atoms with E-state index in [-0.39, 0.29) is 13.2 Å². The average Bonchev–Trinajstić information content (AvgIpc) is 2.76. The number of hydrogen-bond donors (Lipinski definition) is 2. The maximum atomic E-state index is 11.2. The smallest absolute Gasteiger partial charge is 0.156 e. The van der Waals surface area contributed by atoms with Crippen LogP contribution in [0.1, 0.15) is 22.8 Å². The molecule has 1 aromatic heterocycles. The van der Waals surface area contributed by atoms with Crippen molar-refractivity contribution in [3.8, 4) is 11.3 Å². The Morgan fingerprint density at radius 2 is 2.05 bits per heavy atom. The highest BCUT2D eigenvalue weighted by Gasteiger charge is 2.16. The standard InChI is InChI=1S/C14H17N3O2/c1-2-10-3-5-11(6-4-10)13-12(9-19)14(15)17(16-13)7-8-18/h3-6,9,18H,2,7-8,15H2,1H3. The van der Waals surface area contributed by atoms with Crippen molar-refractivity contribution in [1.82, 2.24) is 9.78 Å². The molecule has 0 saturated carbocycles. The second kappa shape index (κ2) is 5.67. The van der Waals surface area contributed by atoms with Gasteiger partial charge < -0.3 is 10.8 Å². The second-order valence-electron chi connectivity index (χ2n) is 4.26. The van der Waals surface area contributed by atoms with Crippen molar-refractivity contribution in [2.75, 3.05) is 12.3 Å². The van der Waals surface area contributed by atoms with Gasteiger partial charge in [-0.05, 0) is 12.0 Å². The molecule has 0 unspecified atom stereocenters. The van der Waals surface area contributed by atoms with Gasteiger partial charge in [0.25, 0.3) is 0 Å². The van der Waals surface area contributed by atoms with Gasteiger partial charge in [-0.25, -0.2) is 4.68 Å². The lowest BCUT2D eigenvalue weighted by Gasteiger charge is -2.00. The number of aromatic nitrogens is 2. The topological polar surface area (TPSA) is 81.1 Å². The van der Waals surface area contributed by atoms with Gasteiger partial charge in [0, 0.05) is 5.56 Å². The van der Waals surface area contributed by atoms with Gasteiger partial charge in [-0.3, -0.25) is 4.79 Å². The number of carbonyl (C=O) groups excluding carboxylic acids is 1. The predicted octanol–water partition coefficient (Wildman–Crippen LogP) is 1.50. The molecule has 0 aliphatic carbocycles. The average molecular weight is 259 g/mol. The Hall–Kier alpha value is -2.14. The zero-order valence-corrected chi connectivity index (χ0v) is 10.8. The highest BCUT2D eigenvalue weighted by atomic mass is 16.3. The van der Waals surface area contributed by atoms with E-state index in [4.69, 9.17) is 10.8 Å². The van der Waals surface area contributed by atoms with Crippen LogP contribution >= 0.6 is 0 Å². The lowest BCUT2D eigenvalue weighted by atomic mass is 10.1. The quantitative estimate of drug-likeness (QED) is 0.797. The zero-order valence-electron chi connectivity index (χ0n) is 10.8. The Morgan fingerprint density at radius 1 is 1.37 bits per heavy atom. The molecule has 19 heavy (non-hydrogen) atoms. The number of rotatable bonds is 5. The number of benzene rings is 1. The first-order valence-electron chi connectivity index (χ1n) is 6.22. The molecular weight excluding hydrogens is 242 g/mol. The molecule has 5 nitrogen and oxygen atoms in total. The van der Waals surface area contributed by atoms with Crippen LogP contribution in [0.3, 0.4) is 0 Å². The molecule has 3 N–H and O–H groups in total. The molecule has 0 aliphatic rings. The third kappa shape index (κ3) is 2.51. The number of nitrogens with zero attached hydrogens (tertiary/aromatic N) is 2. The predicted molar refractivity (Wildman–Crippen MR) is 73.9 cm³/mol. The summed E-state index contributed by atoms with van der Waals surface area (Å²) < 4.78 is 1.45. The molecule has 100 valence electrons. The lowest BCUT2D eigenvalue weighted by Crippen LogP contribution is -2.08. The van der Waals surface area contributed by atoms with E-state index in [9.17, 15) is 4.79 Å². The summed E-state index contributed by atoms with van der Waals surface area (Å²) in [4.78, 5) is 11.2. The molecular formula is C14H17N3O2. The van der Waals surface area contributed by atoms with Crippen molar-refractivity contribution < 1.29 is 9.90 Å². The Balaban J connectivity index is 2.47. The maximum absolute atomic E-state index is 11.2. The molecule has 0 bridgehead atoms. The molecule has 0 aliphatic heterocycles. The number of nitrogen functional groups attached to an aromatic ring is 1. The molecule has 0 amide bonds. The summed E-state index contributed by atoms with van der Waals surface area (Å²) in [7, 11) is 0. The monoisotopic (exact) mass is 259 g/mol. The van der Waals surface area contributed by atoms with Crippen LogP contribution in [0.2, 0.25) is 0 Å². The first-order chi connectivity index (χ1) is 9.21. The van der Waals surface area contributed by atoms with Crippen LogP contribution in [0.5, 0.6) is 0 Å². The number of nitrogens with two attached hydrogens (primary N) is 1.